The molecule has 0 atom stereocenters. The van der Waals surface area contributed by atoms with Crippen LogP contribution in [-0.4, -0.2) is 13.0 Å². The van der Waals surface area contributed by atoms with Crippen LogP contribution in [-0.2, 0) is 4.79 Å². The molecule has 1 amide bonds. The van der Waals surface area contributed by atoms with Crippen LogP contribution in [0.1, 0.15) is 11.1 Å². The zero-order valence-corrected chi connectivity index (χ0v) is 12.2. The smallest absolute Gasteiger partial charge is 0.250 e. The Kier molecular flexibility index (Phi) is 4.76. The molecule has 3 nitrogen and oxygen atoms in total. The minimum Gasteiger partial charge on any atom is -0.312 e. The number of rotatable bonds is 3. The lowest BCUT2D eigenvalue weighted by atomic mass is 10.2. The minimum absolute atomic E-state index is 0.167. The monoisotopic (exact) mass is 296 g/mol. The highest BCUT2D eigenvalue weighted by atomic mass is 35.5. The third-order valence-corrected chi connectivity index (χ3v) is 3.23. The van der Waals surface area contributed by atoms with Crippen molar-refractivity contribution in [1.82, 2.24) is 0 Å². The molecular formula is C17H13ClN2O. The van der Waals surface area contributed by atoms with E-state index in [9.17, 15) is 4.79 Å². The van der Waals surface area contributed by atoms with Gasteiger partial charge in [-0.25, -0.2) is 0 Å². The van der Waals surface area contributed by atoms with Crippen LogP contribution in [0.15, 0.2) is 54.6 Å². The number of likely N-dealkylation sites (N-methyl/N-ethyl adjacent to an activating group) is 1. The second kappa shape index (κ2) is 6.74. The molecule has 0 saturated carbocycles. The summed E-state index contributed by atoms with van der Waals surface area (Å²) in [4.78, 5) is 13.6. The molecule has 2 aromatic carbocycles. The van der Waals surface area contributed by atoms with Gasteiger partial charge in [0.25, 0.3) is 5.91 Å². The van der Waals surface area contributed by atoms with Gasteiger partial charge < -0.3 is 4.90 Å². The summed E-state index contributed by atoms with van der Waals surface area (Å²) in [7, 11) is 1.67. The van der Waals surface area contributed by atoms with Gasteiger partial charge in [0.15, 0.2) is 0 Å². The molecule has 0 aliphatic rings. The molecule has 0 aliphatic heterocycles. The number of anilines is 1. The first kappa shape index (κ1) is 14.8. The van der Waals surface area contributed by atoms with Gasteiger partial charge in [0, 0.05) is 23.8 Å². The summed E-state index contributed by atoms with van der Waals surface area (Å²) in [6, 6.07) is 16.2. The summed E-state index contributed by atoms with van der Waals surface area (Å²) < 4.78 is 0. The van der Waals surface area contributed by atoms with Crippen molar-refractivity contribution in [3.05, 3.63) is 70.8 Å². The van der Waals surface area contributed by atoms with Crippen LogP contribution in [0.3, 0.4) is 0 Å². The lowest BCUT2D eigenvalue weighted by Crippen LogP contribution is -2.23. The molecule has 0 heterocycles. The lowest BCUT2D eigenvalue weighted by Gasteiger charge is -2.15. The van der Waals surface area contributed by atoms with E-state index in [1.54, 1.807) is 49.5 Å². The molecule has 0 N–H and O–H groups in total. The lowest BCUT2D eigenvalue weighted by molar-refractivity contribution is -0.113. The van der Waals surface area contributed by atoms with Crippen LogP contribution >= 0.6 is 11.6 Å². The number of nitriles is 1. The molecular weight excluding hydrogens is 284 g/mol. The van der Waals surface area contributed by atoms with Crippen molar-refractivity contribution in [1.29, 1.82) is 5.26 Å². The molecule has 2 rings (SSSR count). The fraction of sp³-hybridized carbons (Fsp3) is 0.0588. The highest BCUT2D eigenvalue weighted by Crippen LogP contribution is 2.15. The molecule has 0 spiro atoms. The Hall–Kier alpha value is -2.57. The highest BCUT2D eigenvalue weighted by molar-refractivity contribution is 6.30. The molecule has 2 aromatic rings. The number of halogens is 1. The van der Waals surface area contributed by atoms with E-state index in [0.29, 0.717) is 16.3 Å². The van der Waals surface area contributed by atoms with E-state index < -0.39 is 0 Å². The first-order valence-electron chi connectivity index (χ1n) is 6.31. The van der Waals surface area contributed by atoms with Gasteiger partial charge >= 0.3 is 0 Å². The predicted molar refractivity (Wildman–Crippen MR) is 85.1 cm³/mol. The summed E-state index contributed by atoms with van der Waals surface area (Å²) in [5.41, 5.74) is 2.10. The minimum atomic E-state index is -0.167. The third kappa shape index (κ3) is 3.95. The molecule has 0 unspecified atom stereocenters. The van der Waals surface area contributed by atoms with Gasteiger partial charge in [0.2, 0.25) is 0 Å². The second-order valence-corrected chi connectivity index (χ2v) is 4.88. The largest absolute Gasteiger partial charge is 0.312 e. The van der Waals surface area contributed by atoms with Crippen molar-refractivity contribution in [2.45, 2.75) is 0 Å². The van der Waals surface area contributed by atoms with E-state index in [1.807, 2.05) is 12.1 Å². The molecule has 104 valence electrons. The number of hydrogen-bond acceptors (Lipinski definition) is 2. The Morgan fingerprint density at radius 2 is 1.95 bits per heavy atom. The Labute approximate surface area is 128 Å². The van der Waals surface area contributed by atoms with Crippen LogP contribution in [0.25, 0.3) is 6.08 Å². The fourth-order valence-corrected chi connectivity index (χ4v) is 1.89. The van der Waals surface area contributed by atoms with Gasteiger partial charge in [-0.15, -0.1) is 0 Å². The summed E-state index contributed by atoms with van der Waals surface area (Å²) in [6.45, 7) is 0. The van der Waals surface area contributed by atoms with Crippen molar-refractivity contribution in [2.24, 2.45) is 0 Å². The predicted octanol–water partition coefficient (Wildman–Crippen LogP) is 3.89. The Balaban J connectivity index is 2.12. The number of carbonyl (C=O) groups excluding carboxylic acids is 1. The van der Waals surface area contributed by atoms with Crippen LogP contribution < -0.4 is 4.90 Å². The first-order chi connectivity index (χ1) is 10.1. The maximum absolute atomic E-state index is 12.1. The van der Waals surface area contributed by atoms with Crippen molar-refractivity contribution in [3.63, 3.8) is 0 Å². The molecule has 21 heavy (non-hydrogen) atoms. The highest BCUT2D eigenvalue weighted by Gasteiger charge is 2.07. The molecule has 0 bridgehead atoms. The molecule has 0 aromatic heterocycles. The Morgan fingerprint density at radius 3 is 2.62 bits per heavy atom. The van der Waals surface area contributed by atoms with Gasteiger partial charge in [0.1, 0.15) is 0 Å². The summed E-state index contributed by atoms with van der Waals surface area (Å²) in [5.74, 6) is -0.167. The van der Waals surface area contributed by atoms with E-state index in [-0.39, 0.29) is 5.91 Å². The van der Waals surface area contributed by atoms with Gasteiger partial charge in [-0.2, -0.15) is 5.26 Å². The van der Waals surface area contributed by atoms with Crippen LogP contribution in [0, 0.1) is 11.3 Å². The Bertz CT molecular complexity index is 714. The van der Waals surface area contributed by atoms with Crippen molar-refractivity contribution < 1.29 is 4.79 Å². The van der Waals surface area contributed by atoms with Crippen molar-refractivity contribution in [3.8, 4) is 6.07 Å². The zero-order valence-electron chi connectivity index (χ0n) is 11.5. The molecule has 0 radical (unpaired) electrons. The van der Waals surface area contributed by atoms with Gasteiger partial charge in [-0.1, -0.05) is 29.8 Å². The quantitative estimate of drug-likeness (QED) is 0.807. The summed E-state index contributed by atoms with van der Waals surface area (Å²) in [6.07, 6.45) is 3.21. The second-order valence-electron chi connectivity index (χ2n) is 4.44. The average molecular weight is 297 g/mol. The van der Waals surface area contributed by atoms with E-state index in [2.05, 4.69) is 6.07 Å². The van der Waals surface area contributed by atoms with Crippen LogP contribution in [0.2, 0.25) is 5.02 Å². The van der Waals surface area contributed by atoms with E-state index in [0.717, 1.165) is 5.56 Å². The normalized spacial score (nSPS) is 10.3. The van der Waals surface area contributed by atoms with Crippen molar-refractivity contribution >= 4 is 29.3 Å². The first-order valence-corrected chi connectivity index (χ1v) is 6.69. The average Bonchev–Trinajstić information content (AvgIpc) is 2.53. The molecule has 0 aliphatic carbocycles. The van der Waals surface area contributed by atoms with Crippen molar-refractivity contribution in [2.75, 3.05) is 11.9 Å². The summed E-state index contributed by atoms with van der Waals surface area (Å²) >= 11 is 5.81. The SMILES string of the molecule is CN(C(=O)C=Cc1ccc(Cl)cc1)c1cccc(C#N)c1. The van der Waals surface area contributed by atoms with E-state index in [4.69, 9.17) is 16.9 Å². The maximum atomic E-state index is 12.1. The number of benzene rings is 2. The van der Waals surface area contributed by atoms with Gasteiger partial charge in [-0.3, -0.25) is 4.79 Å². The number of nitrogens with zero attached hydrogens (tertiary/aromatic N) is 2. The molecule has 4 heteroatoms. The third-order valence-electron chi connectivity index (χ3n) is 2.98. The number of amides is 1. The fourth-order valence-electron chi connectivity index (χ4n) is 1.76. The summed E-state index contributed by atoms with van der Waals surface area (Å²) in [5, 5.41) is 9.54. The molecule has 0 saturated heterocycles. The van der Waals surface area contributed by atoms with E-state index >= 15 is 0 Å². The van der Waals surface area contributed by atoms with Gasteiger partial charge in [0.05, 0.1) is 11.6 Å². The van der Waals surface area contributed by atoms with E-state index in [1.165, 1.54) is 11.0 Å². The number of carbonyl (C=O) groups is 1. The van der Waals surface area contributed by atoms with Crippen LogP contribution in [0.5, 0.6) is 0 Å². The van der Waals surface area contributed by atoms with Crippen LogP contribution in [0.4, 0.5) is 5.69 Å². The zero-order chi connectivity index (χ0) is 15.2. The topological polar surface area (TPSA) is 44.1 Å². The standard InChI is InChI=1S/C17H13ClN2O/c1-20(16-4-2-3-14(11-16)12-19)17(21)10-7-13-5-8-15(18)9-6-13/h2-11H,1H3. The molecule has 0 fully saturated rings. The number of hydrogen-bond donors (Lipinski definition) is 0. The maximum Gasteiger partial charge on any atom is 0.250 e. The van der Waals surface area contributed by atoms with Gasteiger partial charge in [-0.05, 0) is 42.0 Å². The Morgan fingerprint density at radius 1 is 1.24 bits per heavy atom.